The molecule has 0 aromatic rings. The summed E-state index contributed by atoms with van der Waals surface area (Å²) in [6.45, 7) is 3.22. The van der Waals surface area contributed by atoms with Crippen LogP contribution < -0.4 is 5.32 Å². The summed E-state index contributed by atoms with van der Waals surface area (Å²) < 4.78 is 4.85. The monoisotopic (exact) mass is 195 g/mol. The summed E-state index contributed by atoms with van der Waals surface area (Å²) in [6.07, 6.45) is 6.94. The van der Waals surface area contributed by atoms with Crippen LogP contribution in [0.25, 0.3) is 0 Å². The lowest BCUT2D eigenvalue weighted by atomic mass is 9.98. The SMILES string of the molecule is COCCNC(=O)C1=CC(C)CC=C1. The lowest BCUT2D eigenvalue weighted by Gasteiger charge is -2.12. The van der Waals surface area contributed by atoms with E-state index in [0.29, 0.717) is 19.1 Å². The maximum absolute atomic E-state index is 11.5. The van der Waals surface area contributed by atoms with Gasteiger partial charge in [-0.25, -0.2) is 0 Å². The average Bonchev–Trinajstić information content (AvgIpc) is 2.18. The van der Waals surface area contributed by atoms with Gasteiger partial charge in [0.2, 0.25) is 0 Å². The Hall–Kier alpha value is -1.09. The zero-order chi connectivity index (χ0) is 10.4. The summed E-state index contributed by atoms with van der Waals surface area (Å²) in [6, 6.07) is 0. The van der Waals surface area contributed by atoms with Gasteiger partial charge in [0, 0.05) is 19.2 Å². The molecule has 3 nitrogen and oxygen atoms in total. The van der Waals surface area contributed by atoms with Crippen LogP contribution in [-0.2, 0) is 9.53 Å². The molecule has 14 heavy (non-hydrogen) atoms. The molecule has 0 radical (unpaired) electrons. The number of hydrogen-bond acceptors (Lipinski definition) is 2. The maximum atomic E-state index is 11.5. The summed E-state index contributed by atoms with van der Waals surface area (Å²) in [4.78, 5) is 11.5. The van der Waals surface area contributed by atoms with Crippen molar-refractivity contribution in [2.45, 2.75) is 13.3 Å². The van der Waals surface area contributed by atoms with Crippen LogP contribution in [0, 0.1) is 5.92 Å². The Morgan fingerprint density at radius 3 is 3.14 bits per heavy atom. The summed E-state index contributed by atoms with van der Waals surface area (Å²) in [7, 11) is 1.62. The van der Waals surface area contributed by atoms with Crippen LogP contribution >= 0.6 is 0 Å². The van der Waals surface area contributed by atoms with Crippen LogP contribution in [0.2, 0.25) is 0 Å². The topological polar surface area (TPSA) is 38.3 Å². The van der Waals surface area contributed by atoms with Crippen molar-refractivity contribution in [2.75, 3.05) is 20.3 Å². The lowest BCUT2D eigenvalue weighted by Crippen LogP contribution is -2.28. The van der Waals surface area contributed by atoms with Crippen LogP contribution in [0.3, 0.4) is 0 Å². The molecule has 0 saturated heterocycles. The van der Waals surface area contributed by atoms with Gasteiger partial charge in [-0.2, -0.15) is 0 Å². The van der Waals surface area contributed by atoms with Crippen molar-refractivity contribution < 1.29 is 9.53 Å². The minimum Gasteiger partial charge on any atom is -0.383 e. The summed E-state index contributed by atoms with van der Waals surface area (Å²) in [5.41, 5.74) is 0.764. The van der Waals surface area contributed by atoms with Gasteiger partial charge in [0.05, 0.1) is 6.61 Å². The molecule has 0 fully saturated rings. The molecular formula is C11H17NO2. The van der Waals surface area contributed by atoms with Crippen LogP contribution in [0.5, 0.6) is 0 Å². The fourth-order valence-electron chi connectivity index (χ4n) is 1.36. The average molecular weight is 195 g/mol. The Kier molecular flexibility index (Phi) is 4.40. The molecule has 78 valence electrons. The third-order valence-electron chi connectivity index (χ3n) is 2.12. The molecule has 0 bridgehead atoms. The zero-order valence-electron chi connectivity index (χ0n) is 8.75. The van der Waals surface area contributed by atoms with Crippen molar-refractivity contribution in [1.82, 2.24) is 5.32 Å². The Labute approximate surface area is 84.8 Å². The van der Waals surface area contributed by atoms with Gasteiger partial charge in [0.25, 0.3) is 5.91 Å². The van der Waals surface area contributed by atoms with Crippen molar-refractivity contribution in [3.8, 4) is 0 Å². The first kappa shape index (κ1) is 11.0. The molecule has 1 unspecified atom stereocenters. The number of carbonyl (C=O) groups excluding carboxylic acids is 1. The highest BCUT2D eigenvalue weighted by molar-refractivity contribution is 5.96. The first-order valence-corrected chi connectivity index (χ1v) is 4.89. The highest BCUT2D eigenvalue weighted by Gasteiger charge is 2.10. The Morgan fingerprint density at radius 2 is 2.50 bits per heavy atom. The second kappa shape index (κ2) is 5.60. The van der Waals surface area contributed by atoms with E-state index in [1.165, 1.54) is 0 Å². The number of rotatable bonds is 4. The van der Waals surface area contributed by atoms with E-state index in [9.17, 15) is 4.79 Å². The third-order valence-corrected chi connectivity index (χ3v) is 2.12. The van der Waals surface area contributed by atoms with E-state index in [1.807, 2.05) is 18.2 Å². The standard InChI is InChI=1S/C11H17NO2/c1-9-4-3-5-10(8-9)11(13)12-6-7-14-2/h3,5,8-9H,4,6-7H2,1-2H3,(H,12,13). The molecule has 3 heteroatoms. The van der Waals surface area contributed by atoms with E-state index in [-0.39, 0.29) is 5.91 Å². The van der Waals surface area contributed by atoms with Crippen molar-refractivity contribution >= 4 is 5.91 Å². The van der Waals surface area contributed by atoms with Gasteiger partial charge in [0.15, 0.2) is 0 Å². The molecule has 0 aliphatic heterocycles. The largest absolute Gasteiger partial charge is 0.383 e. The minimum atomic E-state index is -0.00940. The van der Waals surface area contributed by atoms with Crippen LogP contribution in [-0.4, -0.2) is 26.2 Å². The highest BCUT2D eigenvalue weighted by atomic mass is 16.5. The van der Waals surface area contributed by atoms with E-state index in [0.717, 1.165) is 12.0 Å². The highest BCUT2D eigenvalue weighted by Crippen LogP contribution is 2.15. The van der Waals surface area contributed by atoms with Gasteiger partial charge in [-0.05, 0) is 12.3 Å². The van der Waals surface area contributed by atoms with Crippen LogP contribution in [0.15, 0.2) is 23.8 Å². The molecule has 0 spiro atoms. The molecule has 1 aliphatic rings. The number of hydrogen-bond donors (Lipinski definition) is 1. The third kappa shape index (κ3) is 3.34. The molecule has 1 amide bonds. The Bertz CT molecular complexity index is 256. The minimum absolute atomic E-state index is 0.00940. The number of nitrogens with one attached hydrogen (secondary N) is 1. The molecule has 0 saturated carbocycles. The number of ether oxygens (including phenoxy) is 1. The summed E-state index contributed by atoms with van der Waals surface area (Å²) >= 11 is 0. The van der Waals surface area contributed by atoms with Crippen molar-refractivity contribution in [3.63, 3.8) is 0 Å². The summed E-state index contributed by atoms with van der Waals surface area (Å²) in [5.74, 6) is 0.452. The fourth-order valence-corrected chi connectivity index (χ4v) is 1.36. The molecule has 1 atom stereocenters. The molecule has 1 aliphatic carbocycles. The van der Waals surface area contributed by atoms with Gasteiger partial charge in [-0.1, -0.05) is 25.2 Å². The molecule has 1 rings (SSSR count). The fraction of sp³-hybridized carbons (Fsp3) is 0.545. The first-order valence-electron chi connectivity index (χ1n) is 4.89. The zero-order valence-corrected chi connectivity index (χ0v) is 8.75. The summed E-state index contributed by atoms with van der Waals surface area (Å²) in [5, 5.41) is 2.79. The van der Waals surface area contributed by atoms with Gasteiger partial charge in [-0.15, -0.1) is 0 Å². The molecule has 0 aromatic heterocycles. The molecule has 1 N–H and O–H groups in total. The van der Waals surface area contributed by atoms with Crippen molar-refractivity contribution in [2.24, 2.45) is 5.92 Å². The Balaban J connectivity index is 2.40. The van der Waals surface area contributed by atoms with E-state index >= 15 is 0 Å². The molecular weight excluding hydrogens is 178 g/mol. The van der Waals surface area contributed by atoms with E-state index in [4.69, 9.17) is 4.74 Å². The van der Waals surface area contributed by atoms with Crippen molar-refractivity contribution in [1.29, 1.82) is 0 Å². The lowest BCUT2D eigenvalue weighted by molar-refractivity contribution is -0.117. The first-order chi connectivity index (χ1) is 6.74. The van der Waals surface area contributed by atoms with E-state index in [2.05, 4.69) is 12.2 Å². The number of allylic oxidation sites excluding steroid dienone is 2. The smallest absolute Gasteiger partial charge is 0.251 e. The van der Waals surface area contributed by atoms with Crippen molar-refractivity contribution in [3.05, 3.63) is 23.8 Å². The maximum Gasteiger partial charge on any atom is 0.251 e. The van der Waals surface area contributed by atoms with Gasteiger partial charge in [0.1, 0.15) is 0 Å². The second-order valence-electron chi connectivity index (χ2n) is 3.49. The van der Waals surface area contributed by atoms with Gasteiger partial charge >= 0.3 is 0 Å². The normalized spacial score (nSPS) is 20.4. The molecule has 0 aromatic carbocycles. The predicted octanol–water partition coefficient (Wildman–Crippen LogP) is 1.27. The van der Waals surface area contributed by atoms with E-state index < -0.39 is 0 Å². The van der Waals surface area contributed by atoms with Crippen LogP contribution in [0.4, 0.5) is 0 Å². The number of methoxy groups -OCH3 is 1. The Morgan fingerprint density at radius 1 is 1.71 bits per heavy atom. The van der Waals surface area contributed by atoms with Crippen LogP contribution in [0.1, 0.15) is 13.3 Å². The van der Waals surface area contributed by atoms with Gasteiger partial charge in [-0.3, -0.25) is 4.79 Å². The van der Waals surface area contributed by atoms with Gasteiger partial charge < -0.3 is 10.1 Å². The predicted molar refractivity (Wildman–Crippen MR) is 55.9 cm³/mol. The molecule has 0 heterocycles. The number of carbonyl (C=O) groups is 1. The quantitative estimate of drug-likeness (QED) is 0.686. The second-order valence-corrected chi connectivity index (χ2v) is 3.49. The number of amides is 1. The van der Waals surface area contributed by atoms with E-state index in [1.54, 1.807) is 7.11 Å².